The molecule has 0 bridgehead atoms. The van der Waals surface area contributed by atoms with Gasteiger partial charge in [-0.15, -0.1) is 17.0 Å². The van der Waals surface area contributed by atoms with Gasteiger partial charge in [-0.1, -0.05) is 6.58 Å². The molecule has 0 aliphatic heterocycles. The number of halogens is 1. The monoisotopic (exact) mass is 231 g/mol. The molecule has 1 rings (SSSR count). The van der Waals surface area contributed by atoms with Gasteiger partial charge in [-0.2, -0.15) is 0 Å². The summed E-state index contributed by atoms with van der Waals surface area (Å²) in [5.41, 5.74) is 0. The molecular formula is C7H10BrN3O. The smallest absolute Gasteiger partial charge is 0.242 e. The van der Waals surface area contributed by atoms with Gasteiger partial charge in [0.2, 0.25) is 5.91 Å². The van der Waals surface area contributed by atoms with E-state index in [1.54, 1.807) is 17.1 Å². The van der Waals surface area contributed by atoms with Crippen molar-refractivity contribution in [2.45, 2.75) is 6.92 Å². The molecule has 66 valence electrons. The molecule has 1 aromatic rings. The van der Waals surface area contributed by atoms with Crippen molar-refractivity contribution in [1.82, 2.24) is 9.66 Å². The molecule has 0 aliphatic rings. The maximum absolute atomic E-state index is 10.9. The molecule has 5 heteroatoms. The average molecular weight is 232 g/mol. The molecule has 0 unspecified atom stereocenters. The van der Waals surface area contributed by atoms with Gasteiger partial charge in [0, 0.05) is 25.5 Å². The molecule has 0 aliphatic carbocycles. The standard InChI is InChI=1S/C7H9N3O.BrH/c1-3-10(7(2)11)9-5-4-8-6-9;/h3-6H,1H2,2H3;1H. The third kappa shape index (κ3) is 2.20. The van der Waals surface area contributed by atoms with Crippen LogP contribution in [-0.2, 0) is 4.79 Å². The Morgan fingerprint density at radius 3 is 2.75 bits per heavy atom. The minimum Gasteiger partial charge on any atom is -0.273 e. The van der Waals surface area contributed by atoms with Gasteiger partial charge in [0.15, 0.2) is 0 Å². The maximum Gasteiger partial charge on any atom is 0.242 e. The zero-order valence-corrected chi connectivity index (χ0v) is 8.39. The lowest BCUT2D eigenvalue weighted by Gasteiger charge is -2.15. The van der Waals surface area contributed by atoms with Crippen LogP contribution < -0.4 is 5.01 Å². The van der Waals surface area contributed by atoms with Crippen molar-refractivity contribution in [2.24, 2.45) is 0 Å². The molecule has 0 saturated heterocycles. The first-order chi connectivity index (χ1) is 5.25. The van der Waals surface area contributed by atoms with E-state index >= 15 is 0 Å². The van der Waals surface area contributed by atoms with Crippen molar-refractivity contribution < 1.29 is 4.79 Å². The maximum atomic E-state index is 10.9. The summed E-state index contributed by atoms with van der Waals surface area (Å²) in [4.78, 5) is 14.7. The Hall–Kier alpha value is -1.10. The Morgan fingerprint density at radius 2 is 2.42 bits per heavy atom. The fourth-order valence-electron chi connectivity index (χ4n) is 0.765. The number of rotatable bonds is 2. The fraction of sp³-hybridized carbons (Fsp3) is 0.143. The van der Waals surface area contributed by atoms with Gasteiger partial charge in [0.05, 0.1) is 0 Å². The average Bonchev–Trinajstić information content (AvgIpc) is 2.40. The summed E-state index contributed by atoms with van der Waals surface area (Å²) in [6, 6.07) is 0. The summed E-state index contributed by atoms with van der Waals surface area (Å²) >= 11 is 0. The zero-order chi connectivity index (χ0) is 8.27. The number of amides is 1. The number of hydrogen-bond donors (Lipinski definition) is 0. The molecule has 0 aromatic carbocycles. The third-order valence-corrected chi connectivity index (χ3v) is 1.23. The van der Waals surface area contributed by atoms with Gasteiger partial charge in [0.25, 0.3) is 0 Å². The predicted octanol–water partition coefficient (Wildman–Crippen LogP) is 1.09. The number of aromatic nitrogens is 2. The molecule has 4 nitrogen and oxygen atoms in total. The topological polar surface area (TPSA) is 38.1 Å². The van der Waals surface area contributed by atoms with E-state index in [9.17, 15) is 4.79 Å². The van der Waals surface area contributed by atoms with Gasteiger partial charge >= 0.3 is 0 Å². The summed E-state index contributed by atoms with van der Waals surface area (Å²) in [5.74, 6) is -0.0991. The van der Waals surface area contributed by atoms with Crippen LogP contribution >= 0.6 is 17.0 Å². The molecule has 0 radical (unpaired) electrons. The van der Waals surface area contributed by atoms with Crippen LogP contribution in [0.3, 0.4) is 0 Å². The number of hydrogen-bond acceptors (Lipinski definition) is 2. The van der Waals surface area contributed by atoms with Gasteiger partial charge in [-0.05, 0) is 0 Å². The van der Waals surface area contributed by atoms with Crippen LogP contribution in [0.5, 0.6) is 0 Å². The Morgan fingerprint density at radius 1 is 1.75 bits per heavy atom. The van der Waals surface area contributed by atoms with E-state index < -0.39 is 0 Å². The second-order valence-corrected chi connectivity index (χ2v) is 1.99. The number of imidazole rings is 1. The summed E-state index contributed by atoms with van der Waals surface area (Å²) in [6.07, 6.45) is 6.23. The lowest BCUT2D eigenvalue weighted by atomic mass is 10.7. The Kier molecular flexibility index (Phi) is 4.28. The summed E-state index contributed by atoms with van der Waals surface area (Å²) in [7, 11) is 0. The largest absolute Gasteiger partial charge is 0.273 e. The normalized spacial score (nSPS) is 8.42. The Labute approximate surface area is 81.2 Å². The van der Waals surface area contributed by atoms with Crippen LogP contribution in [0, 0.1) is 0 Å². The quantitative estimate of drug-likeness (QED) is 0.765. The minimum atomic E-state index is -0.0991. The van der Waals surface area contributed by atoms with E-state index in [-0.39, 0.29) is 22.9 Å². The van der Waals surface area contributed by atoms with Crippen molar-refractivity contribution >= 4 is 22.9 Å². The first-order valence-electron chi connectivity index (χ1n) is 3.16. The van der Waals surface area contributed by atoms with Crippen molar-refractivity contribution in [2.75, 3.05) is 5.01 Å². The Balaban J connectivity index is 0.00000121. The van der Waals surface area contributed by atoms with E-state index in [4.69, 9.17) is 0 Å². The minimum absolute atomic E-state index is 0. The highest BCUT2D eigenvalue weighted by Gasteiger charge is 2.03. The molecule has 1 amide bonds. The van der Waals surface area contributed by atoms with E-state index in [0.717, 1.165) is 0 Å². The van der Waals surface area contributed by atoms with Crippen LogP contribution in [-0.4, -0.2) is 15.6 Å². The van der Waals surface area contributed by atoms with Crippen molar-refractivity contribution in [3.05, 3.63) is 31.5 Å². The van der Waals surface area contributed by atoms with Crippen molar-refractivity contribution in [3.63, 3.8) is 0 Å². The highest BCUT2D eigenvalue weighted by atomic mass is 79.9. The Bertz CT molecular complexity index is 258. The van der Waals surface area contributed by atoms with Gasteiger partial charge in [0.1, 0.15) is 6.33 Å². The number of carbonyl (C=O) groups excluding carboxylic acids is 1. The number of nitrogens with zero attached hydrogens (tertiary/aromatic N) is 3. The molecule has 0 atom stereocenters. The van der Waals surface area contributed by atoms with Crippen LogP contribution in [0.2, 0.25) is 0 Å². The van der Waals surface area contributed by atoms with E-state index in [2.05, 4.69) is 11.6 Å². The summed E-state index contributed by atoms with van der Waals surface area (Å²) in [5, 5.41) is 1.35. The molecule has 12 heavy (non-hydrogen) atoms. The molecular weight excluding hydrogens is 222 g/mol. The molecule has 1 aromatic heterocycles. The van der Waals surface area contributed by atoms with Crippen LogP contribution in [0.25, 0.3) is 0 Å². The highest BCUT2D eigenvalue weighted by Crippen LogP contribution is 1.91. The highest BCUT2D eigenvalue weighted by molar-refractivity contribution is 8.93. The van der Waals surface area contributed by atoms with Crippen LogP contribution in [0.4, 0.5) is 0 Å². The van der Waals surface area contributed by atoms with Crippen LogP contribution in [0.15, 0.2) is 31.5 Å². The lowest BCUT2D eigenvalue weighted by Crippen LogP contribution is -2.31. The molecule has 0 saturated carbocycles. The third-order valence-electron chi connectivity index (χ3n) is 1.23. The molecule has 0 fully saturated rings. The van der Waals surface area contributed by atoms with E-state index in [1.807, 2.05) is 0 Å². The van der Waals surface area contributed by atoms with Crippen LogP contribution in [0.1, 0.15) is 6.92 Å². The second-order valence-electron chi connectivity index (χ2n) is 1.99. The van der Waals surface area contributed by atoms with Crippen molar-refractivity contribution in [3.8, 4) is 0 Å². The lowest BCUT2D eigenvalue weighted by molar-refractivity contribution is -0.117. The predicted molar refractivity (Wildman–Crippen MR) is 51.6 cm³/mol. The second kappa shape index (κ2) is 4.71. The van der Waals surface area contributed by atoms with Gasteiger partial charge in [-0.3, -0.25) is 4.79 Å². The molecule has 0 spiro atoms. The zero-order valence-electron chi connectivity index (χ0n) is 6.67. The fourth-order valence-corrected chi connectivity index (χ4v) is 0.765. The summed E-state index contributed by atoms with van der Waals surface area (Å²) < 4.78 is 1.55. The van der Waals surface area contributed by atoms with E-state index in [1.165, 1.54) is 24.5 Å². The first-order valence-corrected chi connectivity index (χ1v) is 3.16. The number of carbonyl (C=O) groups is 1. The first kappa shape index (κ1) is 10.9. The SMILES string of the molecule is Br.C=CN(C(C)=O)n1ccnc1. The molecule has 1 heterocycles. The van der Waals surface area contributed by atoms with Gasteiger partial charge < -0.3 is 0 Å². The van der Waals surface area contributed by atoms with Crippen molar-refractivity contribution in [1.29, 1.82) is 0 Å². The molecule has 0 N–H and O–H groups in total. The van der Waals surface area contributed by atoms with E-state index in [0.29, 0.717) is 0 Å². The van der Waals surface area contributed by atoms with Gasteiger partial charge in [-0.25, -0.2) is 14.7 Å². The summed E-state index contributed by atoms with van der Waals surface area (Å²) in [6.45, 7) is 4.95.